The van der Waals surface area contributed by atoms with E-state index in [-0.39, 0.29) is 6.10 Å². The van der Waals surface area contributed by atoms with Gasteiger partial charge in [-0.1, -0.05) is 6.92 Å². The predicted octanol–water partition coefficient (Wildman–Crippen LogP) is 1.70. The maximum Gasteiger partial charge on any atom is 0.127 e. The summed E-state index contributed by atoms with van der Waals surface area (Å²) in [5.41, 5.74) is 0.980. The van der Waals surface area contributed by atoms with Gasteiger partial charge in [0.15, 0.2) is 0 Å². The number of pyridine rings is 1. The van der Waals surface area contributed by atoms with E-state index >= 15 is 0 Å². The van der Waals surface area contributed by atoms with E-state index in [1.54, 1.807) is 6.20 Å². The Kier molecular flexibility index (Phi) is 4.90. The Morgan fingerprint density at radius 1 is 1.40 bits per heavy atom. The Balaban J connectivity index is 2.50. The van der Waals surface area contributed by atoms with Crippen molar-refractivity contribution in [3.8, 4) is 0 Å². The lowest BCUT2D eigenvalue weighted by molar-refractivity contribution is 0.183. The van der Waals surface area contributed by atoms with Gasteiger partial charge in [-0.05, 0) is 19.4 Å². The van der Waals surface area contributed by atoms with Gasteiger partial charge < -0.3 is 15.7 Å². The Hall–Kier alpha value is -1.29. The minimum atomic E-state index is -0.291. The maximum atomic E-state index is 9.40. The number of nitrogens with zero attached hydrogens (tertiary/aromatic N) is 1. The highest BCUT2D eigenvalue weighted by atomic mass is 16.3. The largest absolute Gasteiger partial charge is 0.391 e. The molecule has 0 aliphatic heterocycles. The minimum Gasteiger partial charge on any atom is -0.391 e. The summed E-state index contributed by atoms with van der Waals surface area (Å²) >= 11 is 0. The smallest absolute Gasteiger partial charge is 0.127 e. The highest BCUT2D eigenvalue weighted by Crippen LogP contribution is 2.11. The second-order valence-electron chi connectivity index (χ2n) is 3.40. The van der Waals surface area contributed by atoms with Crippen molar-refractivity contribution in [2.24, 2.45) is 0 Å². The molecular weight excluding hydrogens is 190 g/mol. The molecule has 0 aromatic carbocycles. The van der Waals surface area contributed by atoms with Gasteiger partial charge in [-0.3, -0.25) is 0 Å². The number of hydrogen-bond donors (Lipinski definition) is 3. The van der Waals surface area contributed by atoms with Crippen LogP contribution in [0.5, 0.6) is 0 Å². The van der Waals surface area contributed by atoms with Crippen molar-refractivity contribution in [3.63, 3.8) is 0 Å². The quantitative estimate of drug-likeness (QED) is 0.667. The normalized spacial score (nSPS) is 12.2. The van der Waals surface area contributed by atoms with E-state index in [9.17, 15) is 5.11 Å². The van der Waals surface area contributed by atoms with Gasteiger partial charge >= 0.3 is 0 Å². The molecule has 1 rings (SSSR count). The Morgan fingerprint density at radius 3 is 2.87 bits per heavy atom. The first-order valence-corrected chi connectivity index (χ1v) is 5.38. The van der Waals surface area contributed by atoms with Crippen LogP contribution in [0.25, 0.3) is 0 Å². The van der Waals surface area contributed by atoms with E-state index in [1.807, 2.05) is 26.0 Å². The number of rotatable bonds is 6. The Bertz CT molecular complexity index is 291. The van der Waals surface area contributed by atoms with Crippen LogP contribution in [0, 0.1) is 0 Å². The lowest BCUT2D eigenvalue weighted by atomic mass is 10.2. The lowest BCUT2D eigenvalue weighted by Crippen LogP contribution is -2.18. The highest BCUT2D eigenvalue weighted by Gasteiger charge is 2.00. The number of aliphatic hydroxyl groups is 1. The second-order valence-corrected chi connectivity index (χ2v) is 3.40. The summed E-state index contributed by atoms with van der Waals surface area (Å²) < 4.78 is 0. The summed E-state index contributed by atoms with van der Waals surface area (Å²) in [7, 11) is 0. The molecule has 0 saturated heterocycles. The fourth-order valence-electron chi connectivity index (χ4n) is 1.20. The molecule has 4 nitrogen and oxygen atoms in total. The molecule has 1 heterocycles. The summed E-state index contributed by atoms with van der Waals surface area (Å²) in [5, 5.41) is 15.7. The molecular formula is C11H19N3O. The van der Waals surface area contributed by atoms with E-state index < -0.39 is 0 Å². The van der Waals surface area contributed by atoms with Crippen LogP contribution < -0.4 is 10.6 Å². The third-order valence-electron chi connectivity index (χ3n) is 2.13. The topological polar surface area (TPSA) is 57.2 Å². The third-order valence-corrected chi connectivity index (χ3v) is 2.13. The number of aliphatic hydroxyl groups excluding tert-OH is 1. The summed E-state index contributed by atoms with van der Waals surface area (Å²) in [6.07, 6.45) is 2.22. The fourth-order valence-corrected chi connectivity index (χ4v) is 1.20. The summed E-state index contributed by atoms with van der Waals surface area (Å²) in [4.78, 5) is 4.16. The van der Waals surface area contributed by atoms with Gasteiger partial charge in [-0.15, -0.1) is 0 Å². The van der Waals surface area contributed by atoms with Crippen LogP contribution in [-0.2, 0) is 0 Å². The van der Waals surface area contributed by atoms with Gasteiger partial charge in [0, 0.05) is 31.0 Å². The average molecular weight is 209 g/mol. The molecule has 0 aliphatic rings. The minimum absolute atomic E-state index is 0.291. The van der Waals surface area contributed by atoms with Crippen LogP contribution in [-0.4, -0.2) is 29.3 Å². The van der Waals surface area contributed by atoms with Crippen molar-refractivity contribution < 1.29 is 5.11 Å². The van der Waals surface area contributed by atoms with E-state index in [0.717, 1.165) is 24.5 Å². The highest BCUT2D eigenvalue weighted by molar-refractivity contribution is 5.51. The molecule has 0 amide bonds. The first-order chi connectivity index (χ1) is 7.26. The zero-order valence-corrected chi connectivity index (χ0v) is 9.33. The van der Waals surface area contributed by atoms with Crippen molar-refractivity contribution in [2.75, 3.05) is 23.7 Å². The van der Waals surface area contributed by atoms with Crippen LogP contribution in [0.2, 0.25) is 0 Å². The monoisotopic (exact) mass is 209 g/mol. The van der Waals surface area contributed by atoms with Crippen molar-refractivity contribution in [2.45, 2.75) is 26.4 Å². The molecule has 1 atom stereocenters. The summed E-state index contributed by atoms with van der Waals surface area (Å²) in [5.74, 6) is 0.855. The zero-order chi connectivity index (χ0) is 11.1. The lowest BCUT2D eigenvalue weighted by Gasteiger charge is -2.11. The van der Waals surface area contributed by atoms with Gasteiger partial charge in [0.05, 0.1) is 6.10 Å². The fraction of sp³-hybridized carbons (Fsp3) is 0.545. The molecule has 1 aromatic heterocycles. The van der Waals surface area contributed by atoms with E-state index in [4.69, 9.17) is 0 Å². The first kappa shape index (κ1) is 11.8. The number of anilines is 2. The third kappa shape index (κ3) is 4.16. The molecule has 15 heavy (non-hydrogen) atoms. The van der Waals surface area contributed by atoms with E-state index in [0.29, 0.717) is 6.54 Å². The first-order valence-electron chi connectivity index (χ1n) is 5.38. The second kappa shape index (κ2) is 6.24. The van der Waals surface area contributed by atoms with Gasteiger partial charge in [0.2, 0.25) is 0 Å². The molecule has 0 saturated carbocycles. The summed E-state index contributed by atoms with van der Waals surface area (Å²) in [6.45, 7) is 5.42. The Morgan fingerprint density at radius 2 is 2.20 bits per heavy atom. The predicted molar refractivity (Wildman–Crippen MR) is 63.2 cm³/mol. The van der Waals surface area contributed by atoms with Gasteiger partial charge in [0.1, 0.15) is 5.82 Å². The molecule has 0 bridgehead atoms. The maximum absolute atomic E-state index is 9.40. The molecule has 0 aliphatic carbocycles. The summed E-state index contributed by atoms with van der Waals surface area (Å²) in [6, 6.07) is 3.83. The van der Waals surface area contributed by atoms with Gasteiger partial charge in [0.25, 0.3) is 0 Å². The van der Waals surface area contributed by atoms with E-state index in [1.165, 1.54) is 0 Å². The average Bonchev–Trinajstić information content (AvgIpc) is 2.27. The van der Waals surface area contributed by atoms with Crippen LogP contribution in [0.4, 0.5) is 11.5 Å². The molecule has 4 heteroatoms. The van der Waals surface area contributed by atoms with Crippen LogP contribution in [0.3, 0.4) is 0 Å². The van der Waals surface area contributed by atoms with Crippen LogP contribution in [0.1, 0.15) is 20.3 Å². The molecule has 1 unspecified atom stereocenters. The SMILES string of the molecule is CCNc1cc(NCC(O)CC)ccn1. The zero-order valence-electron chi connectivity index (χ0n) is 9.33. The molecule has 0 spiro atoms. The van der Waals surface area contributed by atoms with Crippen molar-refractivity contribution in [1.82, 2.24) is 4.98 Å². The molecule has 84 valence electrons. The van der Waals surface area contributed by atoms with Crippen molar-refractivity contribution in [1.29, 1.82) is 0 Å². The number of nitrogens with one attached hydrogen (secondary N) is 2. The number of hydrogen-bond acceptors (Lipinski definition) is 4. The number of aromatic nitrogens is 1. The van der Waals surface area contributed by atoms with Crippen LogP contribution in [0.15, 0.2) is 18.3 Å². The molecule has 1 aromatic rings. The van der Waals surface area contributed by atoms with Gasteiger partial charge in [-0.25, -0.2) is 4.98 Å². The van der Waals surface area contributed by atoms with Crippen LogP contribution >= 0.6 is 0 Å². The van der Waals surface area contributed by atoms with Crippen molar-refractivity contribution in [3.05, 3.63) is 18.3 Å². The standard InChI is InChI=1S/C11H19N3O/c1-3-10(15)8-14-9-5-6-13-11(7-9)12-4-2/h5-7,10,15H,3-4,8H2,1-2H3,(H2,12,13,14). The molecule has 0 fully saturated rings. The van der Waals surface area contributed by atoms with Crippen molar-refractivity contribution >= 4 is 11.5 Å². The Labute approximate surface area is 90.7 Å². The van der Waals surface area contributed by atoms with Gasteiger partial charge in [-0.2, -0.15) is 0 Å². The van der Waals surface area contributed by atoms with E-state index in [2.05, 4.69) is 15.6 Å². The molecule has 0 radical (unpaired) electrons. The molecule has 3 N–H and O–H groups in total.